The van der Waals surface area contributed by atoms with Gasteiger partial charge in [0.1, 0.15) is 0 Å². The third-order valence-electron chi connectivity index (χ3n) is 4.33. The molecule has 0 spiro atoms. The molecule has 0 aliphatic carbocycles. The fraction of sp³-hybridized carbons (Fsp3) is 0.611. The van der Waals surface area contributed by atoms with Gasteiger partial charge in [-0.1, -0.05) is 23.7 Å². The van der Waals surface area contributed by atoms with Crippen molar-refractivity contribution in [2.45, 2.75) is 25.9 Å². The van der Waals surface area contributed by atoms with Crippen molar-refractivity contribution < 1.29 is 8.42 Å². The third kappa shape index (κ3) is 8.81. The van der Waals surface area contributed by atoms with Crippen LogP contribution in [0.5, 0.6) is 0 Å². The standard InChI is InChI=1S/C18H30ClN5O2S.HI/c1-18(2,22-27(4,25)26)14-21-17(20-3)24-10-8-23(9-11-24)13-15-6-5-7-16(19)12-15;/h5-7,12,22H,8-11,13-14H2,1-4H3,(H,20,21);1H. The van der Waals surface area contributed by atoms with Gasteiger partial charge in [-0.2, -0.15) is 0 Å². The summed E-state index contributed by atoms with van der Waals surface area (Å²) < 4.78 is 25.6. The molecule has 1 heterocycles. The van der Waals surface area contributed by atoms with Crippen molar-refractivity contribution in [3.63, 3.8) is 0 Å². The van der Waals surface area contributed by atoms with Crippen LogP contribution < -0.4 is 10.0 Å². The molecule has 2 rings (SSSR count). The highest BCUT2D eigenvalue weighted by Gasteiger charge is 2.25. The predicted octanol–water partition coefficient (Wildman–Crippen LogP) is 1.98. The Bertz CT molecular complexity index is 765. The molecule has 160 valence electrons. The minimum atomic E-state index is -3.26. The molecule has 0 atom stereocenters. The Labute approximate surface area is 191 Å². The largest absolute Gasteiger partial charge is 0.354 e. The Morgan fingerprint density at radius 3 is 2.43 bits per heavy atom. The Morgan fingerprint density at radius 2 is 1.89 bits per heavy atom. The van der Waals surface area contributed by atoms with Crippen LogP contribution in [0.25, 0.3) is 0 Å². The van der Waals surface area contributed by atoms with Crippen LogP contribution in [0.15, 0.2) is 29.3 Å². The maximum atomic E-state index is 11.5. The van der Waals surface area contributed by atoms with E-state index in [1.807, 2.05) is 32.0 Å². The molecule has 0 unspecified atom stereocenters. The predicted molar refractivity (Wildman–Crippen MR) is 127 cm³/mol. The number of benzene rings is 1. The number of sulfonamides is 1. The fourth-order valence-corrected chi connectivity index (χ4v) is 4.47. The monoisotopic (exact) mass is 543 g/mol. The van der Waals surface area contributed by atoms with E-state index in [9.17, 15) is 8.42 Å². The van der Waals surface area contributed by atoms with Crippen molar-refractivity contribution in [1.82, 2.24) is 19.8 Å². The van der Waals surface area contributed by atoms with E-state index in [0.717, 1.165) is 43.7 Å². The number of hydrogen-bond donors (Lipinski definition) is 2. The highest BCUT2D eigenvalue weighted by atomic mass is 127. The highest BCUT2D eigenvalue weighted by molar-refractivity contribution is 14.0. The molecule has 1 aromatic carbocycles. The number of aliphatic imine (C=N–C) groups is 1. The Hall–Kier alpha value is -0.620. The molecular formula is C18H31ClIN5O2S. The highest BCUT2D eigenvalue weighted by Crippen LogP contribution is 2.14. The molecule has 1 fully saturated rings. The fourth-order valence-electron chi connectivity index (χ4n) is 3.18. The van der Waals surface area contributed by atoms with E-state index in [1.54, 1.807) is 7.05 Å². The van der Waals surface area contributed by atoms with Gasteiger partial charge in [-0.25, -0.2) is 13.1 Å². The molecule has 2 N–H and O–H groups in total. The summed E-state index contributed by atoms with van der Waals surface area (Å²) in [4.78, 5) is 8.94. The van der Waals surface area contributed by atoms with Gasteiger partial charge in [-0.05, 0) is 31.5 Å². The summed E-state index contributed by atoms with van der Waals surface area (Å²) in [5, 5.41) is 4.05. The second-order valence-corrected chi connectivity index (χ2v) is 9.74. The van der Waals surface area contributed by atoms with Crippen LogP contribution in [0.1, 0.15) is 19.4 Å². The first-order valence-electron chi connectivity index (χ1n) is 8.99. The van der Waals surface area contributed by atoms with Crippen molar-refractivity contribution in [3.8, 4) is 0 Å². The van der Waals surface area contributed by atoms with Crippen LogP contribution in [0.4, 0.5) is 0 Å². The van der Waals surface area contributed by atoms with Gasteiger partial charge in [0, 0.05) is 56.9 Å². The summed E-state index contributed by atoms with van der Waals surface area (Å²) >= 11 is 6.06. The summed E-state index contributed by atoms with van der Waals surface area (Å²) in [6.07, 6.45) is 1.17. The zero-order chi connectivity index (χ0) is 20.1. The van der Waals surface area contributed by atoms with Gasteiger partial charge in [0.15, 0.2) is 5.96 Å². The lowest BCUT2D eigenvalue weighted by Gasteiger charge is -2.37. The zero-order valence-electron chi connectivity index (χ0n) is 16.9. The second-order valence-electron chi connectivity index (χ2n) is 7.55. The summed E-state index contributed by atoms with van der Waals surface area (Å²) in [6, 6.07) is 7.96. The number of hydrogen-bond acceptors (Lipinski definition) is 4. The molecule has 28 heavy (non-hydrogen) atoms. The van der Waals surface area contributed by atoms with Crippen molar-refractivity contribution in [2.24, 2.45) is 4.99 Å². The molecular weight excluding hydrogens is 513 g/mol. The number of piperazine rings is 1. The first kappa shape index (κ1) is 25.4. The Kier molecular flexibility index (Phi) is 9.95. The van der Waals surface area contributed by atoms with E-state index < -0.39 is 15.6 Å². The van der Waals surface area contributed by atoms with Gasteiger partial charge in [0.2, 0.25) is 10.0 Å². The molecule has 7 nitrogen and oxygen atoms in total. The van der Waals surface area contributed by atoms with Gasteiger partial charge in [0.05, 0.1) is 6.26 Å². The van der Waals surface area contributed by atoms with Gasteiger partial charge in [-0.15, -0.1) is 24.0 Å². The van der Waals surface area contributed by atoms with Crippen molar-refractivity contribution in [1.29, 1.82) is 0 Å². The van der Waals surface area contributed by atoms with E-state index in [-0.39, 0.29) is 24.0 Å². The zero-order valence-corrected chi connectivity index (χ0v) is 20.8. The van der Waals surface area contributed by atoms with Crippen LogP contribution in [0.2, 0.25) is 5.02 Å². The van der Waals surface area contributed by atoms with Gasteiger partial charge < -0.3 is 10.2 Å². The average Bonchev–Trinajstić information content (AvgIpc) is 2.54. The van der Waals surface area contributed by atoms with E-state index in [4.69, 9.17) is 11.6 Å². The number of nitrogens with one attached hydrogen (secondary N) is 2. The number of rotatable bonds is 6. The quantitative estimate of drug-likeness (QED) is 0.326. The Balaban J connectivity index is 0.00000392. The maximum absolute atomic E-state index is 11.5. The molecule has 1 aromatic rings. The summed E-state index contributed by atoms with van der Waals surface area (Å²) in [5.41, 5.74) is 0.616. The Morgan fingerprint density at radius 1 is 1.25 bits per heavy atom. The summed E-state index contributed by atoms with van der Waals surface area (Å²) in [7, 11) is -1.51. The maximum Gasteiger partial charge on any atom is 0.209 e. The first-order chi connectivity index (χ1) is 12.6. The smallest absolute Gasteiger partial charge is 0.209 e. The van der Waals surface area contributed by atoms with Crippen molar-refractivity contribution >= 4 is 51.6 Å². The van der Waals surface area contributed by atoms with Gasteiger partial charge in [-0.3, -0.25) is 9.89 Å². The van der Waals surface area contributed by atoms with Gasteiger partial charge >= 0.3 is 0 Å². The molecule has 1 aliphatic heterocycles. The first-order valence-corrected chi connectivity index (χ1v) is 11.3. The lowest BCUT2D eigenvalue weighted by Crippen LogP contribution is -2.56. The molecule has 0 radical (unpaired) electrons. The molecule has 0 amide bonds. The lowest BCUT2D eigenvalue weighted by atomic mass is 10.1. The molecule has 0 bridgehead atoms. The van der Waals surface area contributed by atoms with E-state index >= 15 is 0 Å². The topological polar surface area (TPSA) is 77.0 Å². The molecule has 1 saturated heterocycles. The molecule has 0 saturated carbocycles. The van der Waals surface area contributed by atoms with E-state index in [2.05, 4.69) is 30.9 Å². The van der Waals surface area contributed by atoms with E-state index in [1.165, 1.54) is 11.8 Å². The van der Waals surface area contributed by atoms with Gasteiger partial charge in [0.25, 0.3) is 0 Å². The third-order valence-corrected chi connectivity index (χ3v) is 5.49. The van der Waals surface area contributed by atoms with Crippen LogP contribution in [-0.4, -0.2) is 75.7 Å². The number of guanidine groups is 1. The van der Waals surface area contributed by atoms with Crippen LogP contribution in [-0.2, 0) is 16.6 Å². The summed E-state index contributed by atoms with van der Waals surface area (Å²) in [6.45, 7) is 8.60. The molecule has 0 aromatic heterocycles. The normalized spacial score (nSPS) is 16.6. The van der Waals surface area contributed by atoms with E-state index in [0.29, 0.717) is 6.54 Å². The van der Waals surface area contributed by atoms with Crippen molar-refractivity contribution in [3.05, 3.63) is 34.9 Å². The average molecular weight is 544 g/mol. The SMILES string of the molecule is CN=C(NCC(C)(C)NS(C)(=O)=O)N1CCN(Cc2cccc(Cl)c2)CC1.I. The molecule has 1 aliphatic rings. The number of nitrogens with zero attached hydrogens (tertiary/aromatic N) is 3. The second kappa shape index (κ2) is 11.0. The van der Waals surface area contributed by atoms with Crippen LogP contribution in [0, 0.1) is 0 Å². The molecule has 10 heteroatoms. The lowest BCUT2D eigenvalue weighted by molar-refractivity contribution is 0.172. The minimum absolute atomic E-state index is 0. The van der Waals surface area contributed by atoms with Crippen LogP contribution in [0.3, 0.4) is 0 Å². The van der Waals surface area contributed by atoms with Crippen molar-refractivity contribution in [2.75, 3.05) is 46.0 Å². The summed E-state index contributed by atoms with van der Waals surface area (Å²) in [5.74, 6) is 0.792. The number of halogens is 2. The minimum Gasteiger partial charge on any atom is -0.354 e. The van der Waals surface area contributed by atoms with Crippen LogP contribution >= 0.6 is 35.6 Å².